The van der Waals surface area contributed by atoms with E-state index in [2.05, 4.69) is 0 Å². The molecule has 0 bridgehead atoms. The van der Waals surface area contributed by atoms with Crippen LogP contribution in [0.15, 0.2) is 0 Å². The van der Waals surface area contributed by atoms with E-state index in [4.69, 9.17) is 17.3 Å². The Morgan fingerprint density at radius 1 is 1.50 bits per heavy atom. The molecule has 1 unspecified atom stereocenters. The van der Waals surface area contributed by atoms with Crippen molar-refractivity contribution in [2.45, 2.75) is 26.7 Å². The first kappa shape index (κ1) is 13.3. The fourth-order valence-corrected chi connectivity index (χ4v) is 1.99. The zero-order valence-corrected chi connectivity index (χ0v) is 10.6. The van der Waals surface area contributed by atoms with Gasteiger partial charge in [0.05, 0.1) is 11.3 Å². The number of piperidine rings is 1. The van der Waals surface area contributed by atoms with Crippen LogP contribution in [0.5, 0.6) is 0 Å². The molecule has 1 atom stereocenters. The molecular formula is C11H19ClN2O2. The Kier molecular flexibility index (Phi) is 4.19. The molecule has 0 radical (unpaired) electrons. The lowest BCUT2D eigenvalue weighted by Gasteiger charge is -2.36. The number of hydrogen-bond donors (Lipinski definition) is 1. The van der Waals surface area contributed by atoms with E-state index in [1.54, 1.807) is 4.90 Å². The minimum atomic E-state index is -0.568. The number of amides is 2. The van der Waals surface area contributed by atoms with E-state index in [1.807, 2.05) is 13.8 Å². The van der Waals surface area contributed by atoms with E-state index in [0.717, 1.165) is 12.8 Å². The molecule has 2 amide bonds. The lowest BCUT2D eigenvalue weighted by atomic mass is 9.91. The molecule has 1 saturated heterocycles. The molecule has 0 spiro atoms. The predicted octanol–water partition coefficient (Wildman–Crippen LogP) is 0.975. The molecule has 1 aliphatic heterocycles. The van der Waals surface area contributed by atoms with Crippen molar-refractivity contribution in [1.82, 2.24) is 4.90 Å². The highest BCUT2D eigenvalue weighted by molar-refractivity contribution is 6.19. The van der Waals surface area contributed by atoms with E-state index in [1.165, 1.54) is 0 Å². The van der Waals surface area contributed by atoms with E-state index in [0.29, 0.717) is 13.1 Å². The highest BCUT2D eigenvalue weighted by atomic mass is 35.5. The number of carbonyl (C=O) groups excluding carboxylic acids is 2. The molecule has 1 fully saturated rings. The molecule has 1 aliphatic rings. The van der Waals surface area contributed by atoms with Gasteiger partial charge in [-0.05, 0) is 26.7 Å². The highest BCUT2D eigenvalue weighted by Gasteiger charge is 2.34. The van der Waals surface area contributed by atoms with Crippen molar-refractivity contribution < 1.29 is 9.59 Å². The number of rotatable bonds is 3. The van der Waals surface area contributed by atoms with Gasteiger partial charge in [0.2, 0.25) is 11.8 Å². The lowest BCUT2D eigenvalue weighted by Crippen LogP contribution is -2.49. The van der Waals surface area contributed by atoms with Gasteiger partial charge in [-0.3, -0.25) is 9.59 Å². The van der Waals surface area contributed by atoms with Crippen molar-refractivity contribution in [3.63, 3.8) is 0 Å². The standard InChI is InChI=1S/C11H19ClN2O2/c1-11(2,7-12)10(16)14-5-3-4-8(6-14)9(13)15/h8H,3-7H2,1-2H3,(H2,13,15). The van der Waals surface area contributed by atoms with Gasteiger partial charge in [-0.1, -0.05) is 0 Å². The third kappa shape index (κ3) is 2.88. The number of hydrogen-bond acceptors (Lipinski definition) is 2. The maximum atomic E-state index is 12.1. The van der Waals surface area contributed by atoms with Crippen molar-refractivity contribution >= 4 is 23.4 Å². The molecule has 0 aromatic rings. The molecule has 4 nitrogen and oxygen atoms in total. The molecule has 0 saturated carbocycles. The maximum Gasteiger partial charge on any atom is 0.229 e. The van der Waals surface area contributed by atoms with Crippen molar-refractivity contribution in [1.29, 1.82) is 0 Å². The summed E-state index contributed by atoms with van der Waals surface area (Å²) in [6.07, 6.45) is 1.61. The molecule has 1 rings (SSSR count). The van der Waals surface area contributed by atoms with E-state index in [9.17, 15) is 9.59 Å². The number of halogens is 1. The van der Waals surface area contributed by atoms with Gasteiger partial charge in [-0.2, -0.15) is 0 Å². The normalized spacial score (nSPS) is 21.9. The van der Waals surface area contributed by atoms with Crippen LogP contribution < -0.4 is 5.73 Å². The van der Waals surface area contributed by atoms with Crippen molar-refractivity contribution in [2.75, 3.05) is 19.0 Å². The Morgan fingerprint density at radius 3 is 2.62 bits per heavy atom. The van der Waals surface area contributed by atoms with Crippen molar-refractivity contribution in [3.8, 4) is 0 Å². The third-order valence-corrected chi connectivity index (χ3v) is 3.69. The molecule has 1 heterocycles. The second kappa shape index (κ2) is 5.04. The number of carbonyl (C=O) groups is 2. The van der Waals surface area contributed by atoms with Crippen LogP contribution in [0.2, 0.25) is 0 Å². The number of nitrogens with two attached hydrogens (primary N) is 1. The van der Waals surface area contributed by atoms with Gasteiger partial charge < -0.3 is 10.6 Å². The first-order valence-corrected chi connectivity index (χ1v) is 6.06. The summed E-state index contributed by atoms with van der Waals surface area (Å²) in [5, 5.41) is 0. The summed E-state index contributed by atoms with van der Waals surface area (Å²) in [6.45, 7) is 4.77. The summed E-state index contributed by atoms with van der Waals surface area (Å²) in [6, 6.07) is 0. The minimum absolute atomic E-state index is 0.00782. The Morgan fingerprint density at radius 2 is 2.12 bits per heavy atom. The van der Waals surface area contributed by atoms with E-state index >= 15 is 0 Å². The van der Waals surface area contributed by atoms with Crippen LogP contribution in [-0.4, -0.2) is 35.7 Å². The molecule has 0 aromatic heterocycles. The molecule has 2 N–H and O–H groups in total. The fourth-order valence-electron chi connectivity index (χ4n) is 1.88. The monoisotopic (exact) mass is 246 g/mol. The second-order valence-corrected chi connectivity index (χ2v) is 5.28. The molecule has 92 valence electrons. The summed E-state index contributed by atoms with van der Waals surface area (Å²) in [5.74, 6) is -0.234. The maximum absolute atomic E-state index is 12.1. The van der Waals surface area contributed by atoms with Crippen LogP contribution in [0.25, 0.3) is 0 Å². The van der Waals surface area contributed by atoms with Crippen molar-refractivity contribution in [2.24, 2.45) is 17.1 Å². The summed E-state index contributed by atoms with van der Waals surface area (Å²) in [5.41, 5.74) is 4.70. The van der Waals surface area contributed by atoms with E-state index in [-0.39, 0.29) is 23.6 Å². The number of nitrogens with zero attached hydrogens (tertiary/aromatic N) is 1. The number of primary amides is 1. The topological polar surface area (TPSA) is 63.4 Å². The quantitative estimate of drug-likeness (QED) is 0.755. The van der Waals surface area contributed by atoms with Crippen LogP contribution in [0.3, 0.4) is 0 Å². The SMILES string of the molecule is CC(C)(CCl)C(=O)N1CCCC(C(N)=O)C1. The van der Waals surface area contributed by atoms with Gasteiger partial charge in [0.15, 0.2) is 0 Å². The van der Waals surface area contributed by atoms with Crippen LogP contribution >= 0.6 is 11.6 Å². The first-order valence-electron chi connectivity index (χ1n) is 5.53. The Labute approximate surface area is 101 Å². The highest BCUT2D eigenvalue weighted by Crippen LogP contribution is 2.24. The van der Waals surface area contributed by atoms with Crippen molar-refractivity contribution in [3.05, 3.63) is 0 Å². The van der Waals surface area contributed by atoms with Gasteiger partial charge in [0.25, 0.3) is 0 Å². The smallest absolute Gasteiger partial charge is 0.229 e. The molecule has 5 heteroatoms. The van der Waals surface area contributed by atoms with Gasteiger partial charge in [0.1, 0.15) is 0 Å². The summed E-state index contributed by atoms with van der Waals surface area (Å²) in [7, 11) is 0. The minimum Gasteiger partial charge on any atom is -0.369 e. The van der Waals surface area contributed by atoms with Gasteiger partial charge >= 0.3 is 0 Å². The zero-order valence-electron chi connectivity index (χ0n) is 9.83. The average Bonchev–Trinajstić information content (AvgIpc) is 2.28. The Balaban J connectivity index is 2.67. The average molecular weight is 247 g/mol. The predicted molar refractivity (Wildman–Crippen MR) is 63.0 cm³/mol. The second-order valence-electron chi connectivity index (χ2n) is 5.01. The van der Waals surface area contributed by atoms with E-state index < -0.39 is 5.41 Å². The summed E-state index contributed by atoms with van der Waals surface area (Å²) in [4.78, 5) is 24.9. The van der Waals surface area contributed by atoms with Crippen LogP contribution in [-0.2, 0) is 9.59 Å². The number of alkyl halides is 1. The van der Waals surface area contributed by atoms with Crippen LogP contribution in [0, 0.1) is 11.3 Å². The largest absolute Gasteiger partial charge is 0.369 e. The summed E-state index contributed by atoms with van der Waals surface area (Å²) < 4.78 is 0. The Bertz CT molecular complexity index is 292. The zero-order chi connectivity index (χ0) is 12.3. The molecule has 0 aromatic carbocycles. The van der Waals surface area contributed by atoms with Crippen LogP contribution in [0.1, 0.15) is 26.7 Å². The van der Waals surface area contributed by atoms with Gasteiger partial charge in [-0.25, -0.2) is 0 Å². The Hall–Kier alpha value is -0.770. The van der Waals surface area contributed by atoms with Crippen LogP contribution in [0.4, 0.5) is 0 Å². The summed E-state index contributed by atoms with van der Waals surface area (Å²) >= 11 is 5.77. The molecule has 16 heavy (non-hydrogen) atoms. The number of likely N-dealkylation sites (tertiary alicyclic amines) is 1. The first-order chi connectivity index (χ1) is 7.38. The van der Waals surface area contributed by atoms with Gasteiger partial charge in [0, 0.05) is 19.0 Å². The van der Waals surface area contributed by atoms with Gasteiger partial charge in [-0.15, -0.1) is 11.6 Å². The molecule has 0 aliphatic carbocycles. The fraction of sp³-hybridized carbons (Fsp3) is 0.818. The third-order valence-electron chi connectivity index (χ3n) is 3.02. The lowest BCUT2D eigenvalue weighted by molar-refractivity contribution is -0.142. The molecular weight excluding hydrogens is 228 g/mol.